The van der Waals surface area contributed by atoms with Crippen LogP contribution >= 0.6 is 0 Å². The molecule has 134 valence electrons. The maximum Gasteiger partial charge on any atom is 0.287 e. The lowest BCUT2D eigenvalue weighted by Gasteiger charge is -2.31. The molecule has 1 N–H and O–H groups in total. The van der Waals surface area contributed by atoms with Gasteiger partial charge in [-0.2, -0.15) is 0 Å². The van der Waals surface area contributed by atoms with Gasteiger partial charge in [-0.3, -0.25) is 4.79 Å². The molecule has 25 heavy (non-hydrogen) atoms. The van der Waals surface area contributed by atoms with Crippen molar-refractivity contribution in [3.05, 3.63) is 30.0 Å². The quantitative estimate of drug-likeness (QED) is 0.921. The van der Waals surface area contributed by atoms with E-state index in [1.54, 1.807) is 19.2 Å². The molecule has 2 heterocycles. The molecule has 6 nitrogen and oxygen atoms in total. The number of nitrogens with one attached hydrogen (secondary N) is 1. The molecule has 1 atom stereocenters. The number of carbonyl (C=O) groups is 1. The minimum absolute atomic E-state index is 0.110. The lowest BCUT2D eigenvalue weighted by Crippen LogP contribution is -2.37. The van der Waals surface area contributed by atoms with E-state index in [0.29, 0.717) is 24.5 Å². The van der Waals surface area contributed by atoms with E-state index in [2.05, 4.69) is 5.32 Å². The van der Waals surface area contributed by atoms with Gasteiger partial charge in [0.15, 0.2) is 22.9 Å². The van der Waals surface area contributed by atoms with Gasteiger partial charge in [-0.15, -0.1) is 0 Å². The SMILES string of the molecule is COc1cccc2cc(C(=O)NC[C@@H]3COC4(CCCCC4)O3)oc12. The zero-order valence-electron chi connectivity index (χ0n) is 14.4. The first-order valence-electron chi connectivity index (χ1n) is 8.86. The molecule has 2 fully saturated rings. The van der Waals surface area contributed by atoms with Crippen LogP contribution in [0.2, 0.25) is 0 Å². The minimum atomic E-state index is -0.416. The van der Waals surface area contributed by atoms with Crippen LogP contribution in [0.5, 0.6) is 5.75 Å². The Morgan fingerprint density at radius 3 is 2.96 bits per heavy atom. The van der Waals surface area contributed by atoms with Gasteiger partial charge in [-0.25, -0.2) is 0 Å². The van der Waals surface area contributed by atoms with E-state index in [0.717, 1.165) is 31.1 Å². The van der Waals surface area contributed by atoms with Crippen molar-refractivity contribution in [2.24, 2.45) is 0 Å². The molecule has 2 aliphatic rings. The van der Waals surface area contributed by atoms with Crippen molar-refractivity contribution in [3.63, 3.8) is 0 Å². The minimum Gasteiger partial charge on any atom is -0.493 e. The number of furan rings is 1. The maximum absolute atomic E-state index is 12.4. The number of benzene rings is 1. The molecule has 1 saturated carbocycles. The predicted octanol–water partition coefficient (Wildman–Crippen LogP) is 3.25. The smallest absolute Gasteiger partial charge is 0.287 e. The highest BCUT2D eigenvalue weighted by molar-refractivity contribution is 5.97. The summed E-state index contributed by atoms with van der Waals surface area (Å²) >= 11 is 0. The van der Waals surface area contributed by atoms with Crippen LogP contribution in [0, 0.1) is 0 Å². The van der Waals surface area contributed by atoms with Gasteiger partial charge in [0.05, 0.1) is 13.7 Å². The molecule has 1 aromatic heterocycles. The van der Waals surface area contributed by atoms with Gasteiger partial charge in [0, 0.05) is 24.8 Å². The van der Waals surface area contributed by atoms with Crippen molar-refractivity contribution < 1.29 is 23.4 Å². The lowest BCUT2D eigenvalue weighted by molar-refractivity contribution is -0.186. The summed E-state index contributed by atoms with van der Waals surface area (Å²) in [7, 11) is 1.58. The van der Waals surface area contributed by atoms with Crippen molar-refractivity contribution in [1.82, 2.24) is 5.32 Å². The Bertz CT molecular complexity index is 762. The summed E-state index contributed by atoms with van der Waals surface area (Å²) in [6.07, 6.45) is 5.30. The summed E-state index contributed by atoms with van der Waals surface area (Å²) in [5, 5.41) is 3.72. The van der Waals surface area contributed by atoms with Gasteiger partial charge in [0.1, 0.15) is 6.10 Å². The molecule has 6 heteroatoms. The van der Waals surface area contributed by atoms with Crippen LogP contribution in [0.4, 0.5) is 0 Å². The highest BCUT2D eigenvalue weighted by Crippen LogP contribution is 2.37. The van der Waals surface area contributed by atoms with Crippen LogP contribution < -0.4 is 10.1 Å². The zero-order valence-corrected chi connectivity index (χ0v) is 14.4. The number of ether oxygens (including phenoxy) is 3. The molecular weight excluding hydrogens is 322 g/mol. The summed E-state index contributed by atoms with van der Waals surface area (Å²) in [4.78, 5) is 12.4. The highest BCUT2D eigenvalue weighted by Gasteiger charge is 2.42. The van der Waals surface area contributed by atoms with Crippen LogP contribution in [0.15, 0.2) is 28.7 Å². The average molecular weight is 345 g/mol. The third kappa shape index (κ3) is 3.24. The fraction of sp³-hybridized carbons (Fsp3) is 0.526. The Hall–Kier alpha value is -2.05. The Balaban J connectivity index is 1.38. The molecule has 1 spiro atoms. The van der Waals surface area contributed by atoms with Crippen molar-refractivity contribution >= 4 is 16.9 Å². The molecule has 0 bridgehead atoms. The van der Waals surface area contributed by atoms with Crippen LogP contribution in [-0.4, -0.2) is 38.1 Å². The van der Waals surface area contributed by atoms with Crippen molar-refractivity contribution in [1.29, 1.82) is 0 Å². The first-order valence-corrected chi connectivity index (χ1v) is 8.86. The Morgan fingerprint density at radius 1 is 1.32 bits per heavy atom. The molecule has 1 aliphatic carbocycles. The largest absolute Gasteiger partial charge is 0.493 e. The predicted molar refractivity (Wildman–Crippen MR) is 91.7 cm³/mol. The zero-order chi connectivity index (χ0) is 17.3. The van der Waals surface area contributed by atoms with Crippen LogP contribution in [0.1, 0.15) is 42.7 Å². The summed E-state index contributed by atoms with van der Waals surface area (Å²) in [5.41, 5.74) is 0.580. The molecule has 1 aromatic carbocycles. The third-order valence-corrected chi connectivity index (χ3v) is 4.97. The Kier molecular flexibility index (Phi) is 4.39. The van der Waals surface area contributed by atoms with E-state index in [1.807, 2.05) is 12.1 Å². The van der Waals surface area contributed by atoms with Gasteiger partial charge in [-0.1, -0.05) is 18.6 Å². The van der Waals surface area contributed by atoms with Gasteiger partial charge in [-0.05, 0) is 25.0 Å². The number of methoxy groups -OCH3 is 1. The van der Waals surface area contributed by atoms with Crippen molar-refractivity contribution in [3.8, 4) is 5.75 Å². The van der Waals surface area contributed by atoms with Gasteiger partial charge in [0.25, 0.3) is 5.91 Å². The fourth-order valence-corrected chi connectivity index (χ4v) is 3.67. The maximum atomic E-state index is 12.4. The molecule has 2 aromatic rings. The van der Waals surface area contributed by atoms with Crippen LogP contribution in [-0.2, 0) is 9.47 Å². The number of fused-ring (bicyclic) bond motifs is 1. The molecule has 1 aliphatic heterocycles. The summed E-state index contributed by atoms with van der Waals surface area (Å²) in [5.74, 6) is 0.209. The molecule has 1 saturated heterocycles. The topological polar surface area (TPSA) is 69.9 Å². The second-order valence-electron chi connectivity index (χ2n) is 6.72. The molecular formula is C19H23NO5. The number of rotatable bonds is 4. The third-order valence-electron chi connectivity index (χ3n) is 4.97. The van der Waals surface area contributed by atoms with Crippen molar-refractivity contribution in [2.45, 2.75) is 44.0 Å². The molecule has 0 unspecified atom stereocenters. The van der Waals surface area contributed by atoms with E-state index in [-0.39, 0.29) is 17.8 Å². The summed E-state index contributed by atoms with van der Waals surface area (Å²) < 4.78 is 22.9. The number of para-hydroxylation sites is 1. The first kappa shape index (κ1) is 16.4. The van der Waals surface area contributed by atoms with E-state index in [9.17, 15) is 4.79 Å². The van der Waals surface area contributed by atoms with Crippen LogP contribution in [0.25, 0.3) is 11.0 Å². The normalized spacial score (nSPS) is 22.4. The standard InChI is InChI=1S/C19H23NO5/c1-22-15-7-5-6-13-10-16(24-17(13)15)18(21)20-11-14-12-23-19(25-14)8-3-2-4-9-19/h5-7,10,14H,2-4,8-9,11-12H2,1H3,(H,20,21)/t14-/m1/s1. The molecule has 4 rings (SSSR count). The number of carbonyl (C=O) groups excluding carboxylic acids is 1. The van der Waals surface area contributed by atoms with E-state index in [4.69, 9.17) is 18.6 Å². The summed E-state index contributed by atoms with van der Waals surface area (Å²) in [6.45, 7) is 0.934. The second kappa shape index (κ2) is 6.69. The highest BCUT2D eigenvalue weighted by atomic mass is 16.7. The fourth-order valence-electron chi connectivity index (χ4n) is 3.67. The number of hydrogen-bond acceptors (Lipinski definition) is 5. The first-order chi connectivity index (χ1) is 12.2. The Morgan fingerprint density at radius 2 is 2.16 bits per heavy atom. The van der Waals surface area contributed by atoms with E-state index in [1.165, 1.54) is 6.42 Å². The Labute approximate surface area is 146 Å². The van der Waals surface area contributed by atoms with Crippen molar-refractivity contribution in [2.75, 3.05) is 20.3 Å². The average Bonchev–Trinajstić information content (AvgIpc) is 3.24. The molecule has 0 radical (unpaired) electrons. The van der Waals surface area contributed by atoms with Crippen LogP contribution in [0.3, 0.4) is 0 Å². The van der Waals surface area contributed by atoms with Gasteiger partial charge < -0.3 is 23.9 Å². The van der Waals surface area contributed by atoms with E-state index < -0.39 is 5.79 Å². The number of amides is 1. The van der Waals surface area contributed by atoms with Gasteiger partial charge >= 0.3 is 0 Å². The monoisotopic (exact) mass is 345 g/mol. The number of hydrogen-bond donors (Lipinski definition) is 1. The molecule has 1 amide bonds. The lowest BCUT2D eigenvalue weighted by atomic mass is 9.94. The second-order valence-corrected chi connectivity index (χ2v) is 6.72. The van der Waals surface area contributed by atoms with E-state index >= 15 is 0 Å². The van der Waals surface area contributed by atoms with Gasteiger partial charge in [0.2, 0.25) is 0 Å². The summed E-state index contributed by atoms with van der Waals surface area (Å²) in [6, 6.07) is 7.28.